The van der Waals surface area contributed by atoms with Crippen LogP contribution in [0.25, 0.3) is 0 Å². The van der Waals surface area contributed by atoms with Crippen molar-refractivity contribution in [2.75, 3.05) is 12.8 Å². The molecule has 0 spiro atoms. The van der Waals surface area contributed by atoms with Crippen molar-refractivity contribution >= 4 is 33.2 Å². The van der Waals surface area contributed by atoms with Gasteiger partial charge in [0.25, 0.3) is 5.56 Å². The minimum atomic E-state index is -3.31. The largest absolute Gasteiger partial charge is 0.293 e. The van der Waals surface area contributed by atoms with E-state index in [1.54, 1.807) is 6.07 Å². The highest BCUT2D eigenvalue weighted by atomic mass is 35.5. The molecule has 10 heteroatoms. The Kier molecular flexibility index (Phi) is 4.65. The third-order valence-electron chi connectivity index (χ3n) is 3.83. The van der Waals surface area contributed by atoms with Crippen LogP contribution in [-0.2, 0) is 29.5 Å². The quantitative estimate of drug-likeness (QED) is 0.790. The number of aromatic nitrogens is 3. The molecule has 0 atom stereocenters. The predicted molar refractivity (Wildman–Crippen MR) is 90.8 cm³/mol. The highest BCUT2D eigenvalue weighted by Gasteiger charge is 2.26. The molecule has 7 nitrogen and oxygen atoms in total. The van der Waals surface area contributed by atoms with E-state index in [0.717, 1.165) is 6.26 Å². The molecular formula is C14H14Cl2N4O3S. The maximum absolute atomic E-state index is 12.6. The Balaban J connectivity index is 1.92. The molecule has 0 amide bonds. The molecule has 2 aromatic heterocycles. The predicted octanol–water partition coefficient (Wildman–Crippen LogP) is 1.31. The summed E-state index contributed by atoms with van der Waals surface area (Å²) in [6, 6.07) is 1.56. The topological polar surface area (TPSA) is 85.2 Å². The summed E-state index contributed by atoms with van der Waals surface area (Å²) in [4.78, 5) is 21.0. The monoisotopic (exact) mass is 388 g/mol. The molecule has 3 rings (SSSR count). The van der Waals surface area contributed by atoms with E-state index in [1.165, 1.54) is 21.4 Å². The van der Waals surface area contributed by atoms with Crippen molar-refractivity contribution in [2.24, 2.45) is 0 Å². The molecule has 0 saturated carbocycles. The van der Waals surface area contributed by atoms with Gasteiger partial charge in [-0.2, -0.15) is 4.31 Å². The van der Waals surface area contributed by atoms with Gasteiger partial charge in [0.15, 0.2) is 0 Å². The van der Waals surface area contributed by atoms with E-state index in [2.05, 4.69) is 9.97 Å². The summed E-state index contributed by atoms with van der Waals surface area (Å²) in [6.45, 7) is 0.557. The summed E-state index contributed by atoms with van der Waals surface area (Å²) in [6.07, 6.45) is 4.33. The number of hydrogen-bond donors (Lipinski definition) is 0. The van der Waals surface area contributed by atoms with Crippen LogP contribution in [0.1, 0.15) is 17.0 Å². The van der Waals surface area contributed by atoms with Gasteiger partial charge in [-0.15, -0.1) is 0 Å². The Morgan fingerprint density at radius 2 is 2.04 bits per heavy atom. The fraction of sp³-hybridized carbons (Fsp3) is 0.357. The van der Waals surface area contributed by atoms with Crippen LogP contribution in [0.3, 0.4) is 0 Å². The van der Waals surface area contributed by atoms with Crippen LogP contribution in [0.5, 0.6) is 0 Å². The molecule has 3 heterocycles. The molecule has 0 radical (unpaired) electrons. The van der Waals surface area contributed by atoms with Crippen LogP contribution in [-0.4, -0.2) is 40.1 Å². The van der Waals surface area contributed by atoms with Crippen molar-refractivity contribution in [1.82, 2.24) is 18.8 Å². The first-order valence-electron chi connectivity index (χ1n) is 7.08. The van der Waals surface area contributed by atoms with E-state index in [-0.39, 0.29) is 25.2 Å². The number of fused-ring (bicyclic) bond motifs is 1. The van der Waals surface area contributed by atoms with Crippen LogP contribution in [0.4, 0.5) is 0 Å². The van der Waals surface area contributed by atoms with Crippen molar-refractivity contribution in [3.8, 4) is 0 Å². The lowest BCUT2D eigenvalue weighted by atomic mass is 10.1. The lowest BCUT2D eigenvalue weighted by Crippen LogP contribution is -2.39. The third kappa shape index (κ3) is 3.46. The number of rotatable bonds is 3. The first-order chi connectivity index (χ1) is 11.3. The SMILES string of the molecule is CS(=O)(=O)N1CCc2c(ncn(Cc3ncc(Cl)cc3Cl)c2=O)C1. The Hall–Kier alpha value is -1.48. The summed E-state index contributed by atoms with van der Waals surface area (Å²) < 4.78 is 26.0. The number of sulfonamides is 1. The van der Waals surface area contributed by atoms with Gasteiger partial charge in [0.05, 0.1) is 47.1 Å². The molecule has 0 unspecified atom stereocenters. The first-order valence-corrected chi connectivity index (χ1v) is 9.68. The second-order valence-corrected chi connectivity index (χ2v) is 8.36. The molecule has 0 N–H and O–H groups in total. The van der Waals surface area contributed by atoms with Crippen LogP contribution >= 0.6 is 23.2 Å². The van der Waals surface area contributed by atoms with E-state index >= 15 is 0 Å². The second-order valence-electron chi connectivity index (χ2n) is 5.53. The smallest absolute Gasteiger partial charge is 0.257 e. The van der Waals surface area contributed by atoms with Gasteiger partial charge in [-0.25, -0.2) is 13.4 Å². The van der Waals surface area contributed by atoms with Gasteiger partial charge in [-0.05, 0) is 12.5 Å². The molecule has 0 fully saturated rings. The van der Waals surface area contributed by atoms with Crippen molar-refractivity contribution < 1.29 is 8.42 Å². The van der Waals surface area contributed by atoms with E-state index in [0.29, 0.717) is 33.4 Å². The fourth-order valence-electron chi connectivity index (χ4n) is 2.55. The standard InChI is InChI=1S/C14H14Cl2N4O3S/c1-24(22,23)20-3-2-10-12(7-20)18-8-19(14(10)21)6-13-11(16)4-9(15)5-17-13/h4-5,8H,2-3,6-7H2,1H3. The Bertz CT molecular complexity index is 959. The van der Waals surface area contributed by atoms with Gasteiger partial charge < -0.3 is 0 Å². The van der Waals surface area contributed by atoms with Gasteiger partial charge in [0.2, 0.25) is 10.0 Å². The normalized spacial score (nSPS) is 15.3. The fourth-order valence-corrected chi connectivity index (χ4v) is 3.77. The zero-order valence-corrected chi connectivity index (χ0v) is 15.1. The summed E-state index contributed by atoms with van der Waals surface area (Å²) in [5.74, 6) is 0. The highest BCUT2D eigenvalue weighted by Crippen LogP contribution is 2.20. The van der Waals surface area contributed by atoms with E-state index in [9.17, 15) is 13.2 Å². The Morgan fingerprint density at radius 3 is 2.71 bits per heavy atom. The van der Waals surface area contributed by atoms with Crippen LogP contribution in [0.15, 0.2) is 23.4 Å². The molecule has 0 aliphatic carbocycles. The lowest BCUT2D eigenvalue weighted by Gasteiger charge is -2.25. The second kappa shape index (κ2) is 6.44. The molecule has 1 aliphatic heterocycles. The van der Waals surface area contributed by atoms with Gasteiger partial charge in [-0.3, -0.25) is 14.3 Å². The Morgan fingerprint density at radius 1 is 1.29 bits per heavy atom. The van der Waals surface area contributed by atoms with E-state index < -0.39 is 10.0 Å². The lowest BCUT2D eigenvalue weighted by molar-refractivity contribution is 0.384. The summed E-state index contributed by atoms with van der Waals surface area (Å²) >= 11 is 11.9. The number of hydrogen-bond acceptors (Lipinski definition) is 5. The maximum Gasteiger partial charge on any atom is 0.257 e. The van der Waals surface area contributed by atoms with Crippen LogP contribution < -0.4 is 5.56 Å². The maximum atomic E-state index is 12.6. The number of halogens is 2. The minimum absolute atomic E-state index is 0.115. The van der Waals surface area contributed by atoms with Crippen molar-refractivity contribution in [3.63, 3.8) is 0 Å². The Labute approximate surface area is 148 Å². The van der Waals surface area contributed by atoms with Gasteiger partial charge >= 0.3 is 0 Å². The van der Waals surface area contributed by atoms with Crippen molar-refractivity contribution in [3.05, 3.63) is 55.9 Å². The van der Waals surface area contributed by atoms with Gasteiger partial charge in [-0.1, -0.05) is 23.2 Å². The summed E-state index contributed by atoms with van der Waals surface area (Å²) in [5, 5.41) is 0.788. The number of pyridine rings is 1. The molecule has 2 aromatic rings. The summed E-state index contributed by atoms with van der Waals surface area (Å²) in [5.41, 5.74) is 1.32. The molecule has 1 aliphatic rings. The zero-order chi connectivity index (χ0) is 17.5. The third-order valence-corrected chi connectivity index (χ3v) is 5.61. The van der Waals surface area contributed by atoms with Crippen molar-refractivity contribution in [2.45, 2.75) is 19.5 Å². The molecular weight excluding hydrogens is 375 g/mol. The molecule has 128 valence electrons. The molecule has 24 heavy (non-hydrogen) atoms. The summed E-state index contributed by atoms with van der Waals surface area (Å²) in [7, 11) is -3.31. The molecule has 0 aromatic carbocycles. The van der Waals surface area contributed by atoms with Crippen LogP contribution in [0.2, 0.25) is 10.0 Å². The van der Waals surface area contributed by atoms with E-state index in [4.69, 9.17) is 23.2 Å². The average molecular weight is 389 g/mol. The molecule has 0 saturated heterocycles. The minimum Gasteiger partial charge on any atom is -0.293 e. The first kappa shape index (κ1) is 17.3. The van der Waals surface area contributed by atoms with Gasteiger partial charge in [0, 0.05) is 18.3 Å². The molecule has 0 bridgehead atoms. The van der Waals surface area contributed by atoms with E-state index in [1.807, 2.05) is 0 Å². The van der Waals surface area contributed by atoms with Crippen LogP contribution in [0, 0.1) is 0 Å². The average Bonchev–Trinajstić information content (AvgIpc) is 2.51. The van der Waals surface area contributed by atoms with Crippen molar-refractivity contribution in [1.29, 1.82) is 0 Å². The zero-order valence-electron chi connectivity index (χ0n) is 12.7. The van der Waals surface area contributed by atoms with Gasteiger partial charge in [0.1, 0.15) is 0 Å². The highest BCUT2D eigenvalue weighted by molar-refractivity contribution is 7.88. The number of nitrogens with zero attached hydrogens (tertiary/aromatic N) is 4.